The first-order chi connectivity index (χ1) is 9.16. The molecule has 104 valence electrons. The highest BCUT2D eigenvalue weighted by Gasteiger charge is 2.34. The van der Waals surface area contributed by atoms with Crippen molar-refractivity contribution in [3.8, 4) is 5.75 Å². The van der Waals surface area contributed by atoms with Crippen LogP contribution in [-0.4, -0.2) is 22.1 Å². The third-order valence-corrected chi connectivity index (χ3v) is 5.03. The van der Waals surface area contributed by atoms with E-state index in [2.05, 4.69) is 24.8 Å². The summed E-state index contributed by atoms with van der Waals surface area (Å²) in [5, 5.41) is 9.82. The molecular formula is C17H25NO. The van der Waals surface area contributed by atoms with Crippen LogP contribution < -0.4 is 0 Å². The monoisotopic (exact) mass is 259 g/mol. The number of phenols is 1. The Labute approximate surface area is 116 Å². The number of piperidine rings is 1. The lowest BCUT2D eigenvalue weighted by atomic mass is 9.83. The minimum atomic E-state index is 0.419. The summed E-state index contributed by atoms with van der Waals surface area (Å²) in [5.74, 6) is 0.419. The number of hydrogen-bond acceptors (Lipinski definition) is 2. The predicted molar refractivity (Wildman–Crippen MR) is 78.4 cm³/mol. The molecule has 1 aromatic rings. The highest BCUT2D eigenvalue weighted by molar-refractivity contribution is 5.38. The number of aromatic hydroxyl groups is 1. The van der Waals surface area contributed by atoms with Gasteiger partial charge in [-0.1, -0.05) is 12.5 Å². The Balaban J connectivity index is 1.96. The van der Waals surface area contributed by atoms with Crippen LogP contribution in [0.2, 0.25) is 0 Å². The minimum absolute atomic E-state index is 0.419. The largest absolute Gasteiger partial charge is 0.508 e. The number of rotatable bonds is 1. The average molecular weight is 259 g/mol. The molecule has 1 saturated heterocycles. The molecule has 3 rings (SSSR count). The molecule has 2 heteroatoms. The van der Waals surface area contributed by atoms with Crippen molar-refractivity contribution in [2.24, 2.45) is 0 Å². The van der Waals surface area contributed by atoms with Gasteiger partial charge in [-0.2, -0.15) is 0 Å². The lowest BCUT2D eigenvalue weighted by Crippen LogP contribution is -2.46. The van der Waals surface area contributed by atoms with Crippen molar-refractivity contribution in [1.29, 1.82) is 0 Å². The molecule has 1 fully saturated rings. The van der Waals surface area contributed by atoms with Crippen molar-refractivity contribution >= 4 is 0 Å². The smallest absolute Gasteiger partial charge is 0.115 e. The van der Waals surface area contributed by atoms with E-state index < -0.39 is 0 Å². The Morgan fingerprint density at radius 2 is 1.79 bits per heavy atom. The standard InChI is InChI=1S/C17H25NO/c1-12-5-3-6-13(2)18(12)17-8-4-7-14-9-10-15(19)11-16(14)17/h9-13,17,19H,3-8H2,1-2H3. The molecule has 19 heavy (non-hydrogen) atoms. The van der Waals surface area contributed by atoms with E-state index in [1.807, 2.05) is 12.1 Å². The van der Waals surface area contributed by atoms with Crippen molar-refractivity contribution in [1.82, 2.24) is 4.90 Å². The van der Waals surface area contributed by atoms with Crippen LogP contribution in [0.3, 0.4) is 0 Å². The molecule has 0 saturated carbocycles. The zero-order valence-corrected chi connectivity index (χ0v) is 12.1. The first-order valence-corrected chi connectivity index (χ1v) is 7.76. The van der Waals surface area contributed by atoms with Gasteiger partial charge in [0.2, 0.25) is 0 Å². The van der Waals surface area contributed by atoms with E-state index >= 15 is 0 Å². The maximum absolute atomic E-state index is 9.82. The fourth-order valence-corrected chi connectivity index (χ4v) is 4.13. The summed E-state index contributed by atoms with van der Waals surface area (Å²) < 4.78 is 0. The van der Waals surface area contributed by atoms with Crippen molar-refractivity contribution in [2.75, 3.05) is 0 Å². The minimum Gasteiger partial charge on any atom is -0.508 e. The summed E-state index contributed by atoms with van der Waals surface area (Å²) in [5.41, 5.74) is 2.82. The molecule has 0 spiro atoms. The summed E-state index contributed by atoms with van der Waals surface area (Å²) in [6.07, 6.45) is 7.68. The molecule has 3 unspecified atom stereocenters. The molecule has 1 aromatic carbocycles. The molecule has 1 heterocycles. The number of nitrogens with zero attached hydrogens (tertiary/aromatic N) is 1. The first-order valence-electron chi connectivity index (χ1n) is 7.76. The summed E-state index contributed by atoms with van der Waals surface area (Å²) in [6.45, 7) is 4.74. The van der Waals surface area contributed by atoms with Crippen LogP contribution in [0.5, 0.6) is 5.75 Å². The van der Waals surface area contributed by atoms with Crippen LogP contribution >= 0.6 is 0 Å². The molecule has 2 aliphatic rings. The van der Waals surface area contributed by atoms with E-state index in [1.165, 1.54) is 49.7 Å². The number of aryl methyl sites for hydroxylation is 1. The Bertz CT molecular complexity index is 447. The maximum atomic E-state index is 9.82. The van der Waals surface area contributed by atoms with E-state index in [0.717, 1.165) is 0 Å². The third kappa shape index (κ3) is 2.38. The van der Waals surface area contributed by atoms with Gasteiger partial charge in [0, 0.05) is 18.1 Å². The molecule has 0 radical (unpaired) electrons. The maximum Gasteiger partial charge on any atom is 0.115 e. The topological polar surface area (TPSA) is 23.5 Å². The predicted octanol–water partition coefficient (Wildman–Crippen LogP) is 4.03. The zero-order chi connectivity index (χ0) is 13.4. The van der Waals surface area contributed by atoms with E-state index in [1.54, 1.807) is 0 Å². The van der Waals surface area contributed by atoms with Crippen LogP contribution in [0, 0.1) is 0 Å². The highest BCUT2D eigenvalue weighted by Crippen LogP contribution is 2.40. The van der Waals surface area contributed by atoms with Gasteiger partial charge in [0.05, 0.1) is 0 Å². The van der Waals surface area contributed by atoms with Crippen LogP contribution in [0.1, 0.15) is 63.1 Å². The summed E-state index contributed by atoms with van der Waals surface area (Å²) in [4.78, 5) is 2.71. The van der Waals surface area contributed by atoms with E-state index in [-0.39, 0.29) is 0 Å². The van der Waals surface area contributed by atoms with Crippen molar-refractivity contribution in [3.63, 3.8) is 0 Å². The Hall–Kier alpha value is -1.02. The normalized spacial score (nSPS) is 32.0. The number of likely N-dealkylation sites (tertiary alicyclic amines) is 1. The van der Waals surface area contributed by atoms with Gasteiger partial charge >= 0.3 is 0 Å². The SMILES string of the molecule is CC1CCCC(C)N1C1CCCc2ccc(O)cc21. The Morgan fingerprint density at radius 1 is 1.05 bits per heavy atom. The van der Waals surface area contributed by atoms with Gasteiger partial charge in [-0.05, 0) is 69.2 Å². The molecule has 0 aromatic heterocycles. The molecule has 3 atom stereocenters. The van der Waals surface area contributed by atoms with Gasteiger partial charge in [-0.25, -0.2) is 0 Å². The van der Waals surface area contributed by atoms with Gasteiger partial charge < -0.3 is 5.11 Å². The molecule has 2 nitrogen and oxygen atoms in total. The molecular weight excluding hydrogens is 234 g/mol. The van der Waals surface area contributed by atoms with Crippen molar-refractivity contribution in [3.05, 3.63) is 29.3 Å². The molecule has 1 N–H and O–H groups in total. The van der Waals surface area contributed by atoms with Crippen LogP contribution in [-0.2, 0) is 6.42 Å². The third-order valence-electron chi connectivity index (χ3n) is 5.03. The zero-order valence-electron chi connectivity index (χ0n) is 12.1. The number of hydrogen-bond donors (Lipinski definition) is 1. The summed E-state index contributed by atoms with van der Waals surface area (Å²) in [7, 11) is 0. The lowest BCUT2D eigenvalue weighted by Gasteiger charge is -2.46. The second-order valence-electron chi connectivity index (χ2n) is 6.37. The van der Waals surface area contributed by atoms with Gasteiger partial charge in [0.25, 0.3) is 0 Å². The molecule has 1 aliphatic carbocycles. The molecule has 0 amide bonds. The van der Waals surface area contributed by atoms with Crippen molar-refractivity contribution < 1.29 is 5.11 Å². The Morgan fingerprint density at radius 3 is 2.53 bits per heavy atom. The average Bonchev–Trinajstić information content (AvgIpc) is 2.39. The van der Waals surface area contributed by atoms with Crippen molar-refractivity contribution in [2.45, 2.75) is 70.5 Å². The van der Waals surface area contributed by atoms with Crippen LogP contribution in [0.25, 0.3) is 0 Å². The highest BCUT2D eigenvalue weighted by atomic mass is 16.3. The van der Waals surface area contributed by atoms with Gasteiger partial charge in [0.15, 0.2) is 0 Å². The second kappa shape index (κ2) is 5.16. The summed E-state index contributed by atoms with van der Waals surface area (Å²) >= 11 is 0. The number of fused-ring (bicyclic) bond motifs is 1. The second-order valence-corrected chi connectivity index (χ2v) is 6.37. The quantitative estimate of drug-likeness (QED) is 0.823. The fraction of sp³-hybridized carbons (Fsp3) is 0.647. The number of benzene rings is 1. The number of phenolic OH excluding ortho intramolecular Hbond substituents is 1. The summed E-state index contributed by atoms with van der Waals surface area (Å²) in [6, 6.07) is 7.82. The van der Waals surface area contributed by atoms with E-state index in [0.29, 0.717) is 23.9 Å². The Kier molecular flexibility index (Phi) is 3.53. The molecule has 1 aliphatic heterocycles. The van der Waals surface area contributed by atoms with Gasteiger partial charge in [-0.15, -0.1) is 0 Å². The van der Waals surface area contributed by atoms with E-state index in [4.69, 9.17) is 0 Å². The van der Waals surface area contributed by atoms with Crippen LogP contribution in [0.15, 0.2) is 18.2 Å². The molecule has 0 bridgehead atoms. The van der Waals surface area contributed by atoms with E-state index in [9.17, 15) is 5.11 Å². The fourth-order valence-electron chi connectivity index (χ4n) is 4.13. The van der Waals surface area contributed by atoms with Crippen LogP contribution in [0.4, 0.5) is 0 Å². The van der Waals surface area contributed by atoms with Gasteiger partial charge in [0.1, 0.15) is 5.75 Å². The lowest BCUT2D eigenvalue weighted by molar-refractivity contribution is 0.0459. The first kappa shape index (κ1) is 13.0. The van der Waals surface area contributed by atoms with Gasteiger partial charge in [-0.3, -0.25) is 4.90 Å².